The van der Waals surface area contributed by atoms with Gasteiger partial charge in [-0.3, -0.25) is 0 Å². The Bertz CT molecular complexity index is 1080. The van der Waals surface area contributed by atoms with Crippen molar-refractivity contribution in [3.05, 3.63) is 77.5 Å². The van der Waals surface area contributed by atoms with Crippen molar-refractivity contribution in [3.63, 3.8) is 0 Å². The smallest absolute Gasteiger partial charge is 0.409 e. The lowest BCUT2D eigenvalue weighted by Crippen LogP contribution is -2.38. The number of rotatable bonds is 4. The van der Waals surface area contributed by atoms with E-state index in [0.29, 0.717) is 38.4 Å². The maximum absolute atomic E-state index is 12.7. The third-order valence-corrected chi connectivity index (χ3v) is 6.18. The Morgan fingerprint density at radius 3 is 2.23 bits per heavy atom. The van der Waals surface area contributed by atoms with E-state index in [1.807, 2.05) is 24.3 Å². The number of aromatic nitrogens is 1. The number of amides is 1. The number of ether oxygens (including phenoxy) is 1. The average Bonchev–Trinajstić information content (AvgIpc) is 3.42. The SMILES string of the molecule is O=C(O)c1coc(C2CCN(C(=O)OCC3c4ccccc4-c4ccccc43)CC2)n1. The Labute approximate surface area is 179 Å². The Morgan fingerprint density at radius 2 is 1.65 bits per heavy atom. The Balaban J connectivity index is 1.21. The van der Waals surface area contributed by atoms with E-state index in [1.165, 1.54) is 22.3 Å². The summed E-state index contributed by atoms with van der Waals surface area (Å²) in [5.74, 6) is -0.642. The number of likely N-dealkylation sites (tertiary alicyclic amines) is 1. The minimum Gasteiger partial charge on any atom is -0.476 e. The number of carboxylic acids is 1. The zero-order valence-electron chi connectivity index (χ0n) is 16.9. The van der Waals surface area contributed by atoms with Gasteiger partial charge in [0.2, 0.25) is 0 Å². The summed E-state index contributed by atoms with van der Waals surface area (Å²) < 4.78 is 11.0. The quantitative estimate of drug-likeness (QED) is 0.671. The number of oxazole rings is 1. The van der Waals surface area contributed by atoms with Gasteiger partial charge in [0.05, 0.1) is 0 Å². The number of nitrogens with zero attached hydrogens (tertiary/aromatic N) is 2. The molecule has 1 aliphatic carbocycles. The van der Waals surface area contributed by atoms with E-state index >= 15 is 0 Å². The zero-order chi connectivity index (χ0) is 21.4. The lowest BCUT2D eigenvalue weighted by atomic mass is 9.97. The summed E-state index contributed by atoms with van der Waals surface area (Å²) in [6.07, 6.45) is 2.15. The highest BCUT2D eigenvalue weighted by Crippen LogP contribution is 2.44. The molecule has 1 N–H and O–H groups in total. The fourth-order valence-electron chi connectivity index (χ4n) is 4.57. The van der Waals surface area contributed by atoms with Gasteiger partial charge in [-0.15, -0.1) is 0 Å². The van der Waals surface area contributed by atoms with Crippen LogP contribution in [0.4, 0.5) is 4.79 Å². The van der Waals surface area contributed by atoms with Crippen LogP contribution in [0.25, 0.3) is 11.1 Å². The van der Waals surface area contributed by atoms with Crippen LogP contribution in [0.2, 0.25) is 0 Å². The molecular weight excluding hydrogens is 396 g/mol. The monoisotopic (exact) mass is 418 g/mol. The molecule has 0 radical (unpaired) electrons. The van der Waals surface area contributed by atoms with E-state index in [4.69, 9.17) is 14.3 Å². The number of benzene rings is 2. The molecule has 2 aromatic carbocycles. The fourth-order valence-corrected chi connectivity index (χ4v) is 4.57. The standard InChI is InChI=1S/C24H22N2O5/c27-23(28)21-14-30-22(25-21)15-9-11-26(12-10-15)24(29)31-13-20-18-7-3-1-5-16(18)17-6-2-4-8-19(17)20/h1-8,14-15,20H,9-13H2,(H,27,28). The van der Waals surface area contributed by atoms with Gasteiger partial charge in [-0.25, -0.2) is 14.6 Å². The first-order chi connectivity index (χ1) is 15.1. The number of fused-ring (bicyclic) bond motifs is 3. The van der Waals surface area contributed by atoms with Crippen LogP contribution in [0.3, 0.4) is 0 Å². The first-order valence-electron chi connectivity index (χ1n) is 10.4. The Hall–Kier alpha value is -3.61. The van der Waals surface area contributed by atoms with E-state index < -0.39 is 5.97 Å². The van der Waals surface area contributed by atoms with Crippen LogP contribution in [0.1, 0.15) is 52.2 Å². The van der Waals surface area contributed by atoms with Crippen molar-refractivity contribution in [2.24, 2.45) is 0 Å². The van der Waals surface area contributed by atoms with Crippen molar-refractivity contribution >= 4 is 12.1 Å². The van der Waals surface area contributed by atoms with Crippen LogP contribution in [-0.4, -0.2) is 46.7 Å². The van der Waals surface area contributed by atoms with Gasteiger partial charge in [0, 0.05) is 24.9 Å². The maximum atomic E-state index is 12.7. The third-order valence-electron chi connectivity index (χ3n) is 6.18. The lowest BCUT2D eigenvalue weighted by Gasteiger charge is -2.30. The predicted molar refractivity (Wildman–Crippen MR) is 112 cm³/mol. The highest BCUT2D eigenvalue weighted by Gasteiger charge is 2.31. The van der Waals surface area contributed by atoms with Crippen molar-refractivity contribution in [2.45, 2.75) is 24.7 Å². The molecule has 1 saturated heterocycles. The molecule has 2 heterocycles. The molecule has 5 rings (SSSR count). The highest BCUT2D eigenvalue weighted by atomic mass is 16.6. The molecule has 0 unspecified atom stereocenters. The lowest BCUT2D eigenvalue weighted by molar-refractivity contribution is 0.0690. The molecule has 7 nitrogen and oxygen atoms in total. The predicted octanol–water partition coefficient (Wildman–Crippen LogP) is 4.50. The number of aromatic carboxylic acids is 1. The third kappa shape index (κ3) is 3.56. The number of hydrogen-bond acceptors (Lipinski definition) is 5. The van der Waals surface area contributed by atoms with Crippen LogP contribution in [-0.2, 0) is 4.74 Å². The summed E-state index contributed by atoms with van der Waals surface area (Å²) in [7, 11) is 0. The summed E-state index contributed by atoms with van der Waals surface area (Å²) in [6, 6.07) is 16.5. The average molecular weight is 418 g/mol. The topological polar surface area (TPSA) is 92.9 Å². The number of hydrogen-bond donors (Lipinski definition) is 1. The normalized spacial score (nSPS) is 16.1. The van der Waals surface area contributed by atoms with Crippen LogP contribution < -0.4 is 0 Å². The van der Waals surface area contributed by atoms with Gasteiger partial charge in [-0.1, -0.05) is 48.5 Å². The van der Waals surface area contributed by atoms with Gasteiger partial charge < -0.3 is 19.2 Å². The zero-order valence-corrected chi connectivity index (χ0v) is 16.9. The highest BCUT2D eigenvalue weighted by molar-refractivity contribution is 5.84. The minimum atomic E-state index is -1.11. The van der Waals surface area contributed by atoms with E-state index in [1.54, 1.807) is 4.90 Å². The second-order valence-corrected chi connectivity index (χ2v) is 7.94. The molecule has 1 fully saturated rings. The molecule has 31 heavy (non-hydrogen) atoms. The molecule has 1 aliphatic heterocycles. The Morgan fingerprint density at radius 1 is 1.03 bits per heavy atom. The number of carbonyl (C=O) groups is 2. The number of piperidine rings is 1. The largest absolute Gasteiger partial charge is 0.476 e. The Kier molecular flexibility index (Phi) is 4.94. The van der Waals surface area contributed by atoms with Gasteiger partial charge >= 0.3 is 12.1 Å². The number of carboxylic acid groups (broad SMARTS) is 1. The van der Waals surface area contributed by atoms with Crippen LogP contribution in [0.15, 0.2) is 59.2 Å². The minimum absolute atomic E-state index is 0.00531. The molecule has 3 aromatic rings. The molecule has 0 saturated carbocycles. The van der Waals surface area contributed by atoms with E-state index in [9.17, 15) is 9.59 Å². The van der Waals surface area contributed by atoms with Crippen molar-refractivity contribution < 1.29 is 23.8 Å². The van der Waals surface area contributed by atoms with Crippen molar-refractivity contribution in [1.29, 1.82) is 0 Å². The van der Waals surface area contributed by atoms with E-state index in [-0.39, 0.29) is 23.6 Å². The fraction of sp³-hybridized carbons (Fsp3) is 0.292. The van der Waals surface area contributed by atoms with Crippen LogP contribution in [0, 0.1) is 0 Å². The molecule has 0 atom stereocenters. The van der Waals surface area contributed by atoms with Gasteiger partial charge in [0.15, 0.2) is 11.6 Å². The van der Waals surface area contributed by atoms with Gasteiger partial charge in [0.1, 0.15) is 12.9 Å². The summed E-state index contributed by atoms with van der Waals surface area (Å²) in [5.41, 5.74) is 4.69. The maximum Gasteiger partial charge on any atom is 0.409 e. The second kappa shape index (κ2) is 7.91. The molecular formula is C24H22N2O5. The molecule has 158 valence electrons. The molecule has 0 bridgehead atoms. The van der Waals surface area contributed by atoms with Crippen LogP contribution in [0.5, 0.6) is 0 Å². The summed E-state index contributed by atoms with van der Waals surface area (Å²) in [4.78, 5) is 29.4. The second-order valence-electron chi connectivity index (χ2n) is 7.94. The van der Waals surface area contributed by atoms with Gasteiger partial charge in [-0.2, -0.15) is 0 Å². The van der Waals surface area contributed by atoms with E-state index in [0.717, 1.165) is 6.26 Å². The molecule has 7 heteroatoms. The summed E-state index contributed by atoms with van der Waals surface area (Å²) in [6.45, 7) is 1.34. The first kappa shape index (κ1) is 19.4. The summed E-state index contributed by atoms with van der Waals surface area (Å²) in [5, 5.41) is 8.99. The van der Waals surface area contributed by atoms with Crippen molar-refractivity contribution in [1.82, 2.24) is 9.88 Å². The molecule has 2 aliphatic rings. The molecule has 0 spiro atoms. The first-order valence-corrected chi connectivity index (χ1v) is 10.4. The summed E-state index contributed by atoms with van der Waals surface area (Å²) >= 11 is 0. The molecule has 1 amide bonds. The van der Waals surface area contributed by atoms with Crippen LogP contribution >= 0.6 is 0 Å². The number of carbonyl (C=O) groups excluding carboxylic acids is 1. The molecule has 1 aromatic heterocycles. The van der Waals surface area contributed by atoms with Crippen molar-refractivity contribution in [2.75, 3.05) is 19.7 Å². The van der Waals surface area contributed by atoms with E-state index in [2.05, 4.69) is 29.2 Å². The van der Waals surface area contributed by atoms with Crippen molar-refractivity contribution in [3.8, 4) is 11.1 Å². The van der Waals surface area contributed by atoms with Gasteiger partial charge in [-0.05, 0) is 35.1 Å². The van der Waals surface area contributed by atoms with Gasteiger partial charge in [0.25, 0.3) is 0 Å².